The van der Waals surface area contributed by atoms with Crippen LogP contribution in [0.1, 0.15) is 23.6 Å². The molecule has 0 saturated heterocycles. The van der Waals surface area contributed by atoms with E-state index in [-0.39, 0.29) is 13.0 Å². The summed E-state index contributed by atoms with van der Waals surface area (Å²) in [6.45, 7) is 0.132. The van der Waals surface area contributed by atoms with Gasteiger partial charge in [-0.2, -0.15) is 0 Å². The Bertz CT molecular complexity index is 658. The van der Waals surface area contributed by atoms with Crippen molar-refractivity contribution in [3.63, 3.8) is 0 Å². The van der Waals surface area contributed by atoms with Gasteiger partial charge in [-0.15, -0.1) is 0 Å². The first kappa shape index (κ1) is 17.0. The standard InChI is InChI=1S/C17H16BrNO4/c18-14-8-6-13(7-9-14)15(10-16(20)21)19-17(22)23-11-12-4-2-1-3-5-12/h1-9,15H,10-11H2,(H,19,22)(H,20,21)/t15-/m0/s1. The highest BCUT2D eigenvalue weighted by Crippen LogP contribution is 2.20. The third-order valence-electron chi connectivity index (χ3n) is 3.16. The topological polar surface area (TPSA) is 75.6 Å². The van der Waals surface area contributed by atoms with E-state index in [0.717, 1.165) is 10.0 Å². The first-order valence-electron chi connectivity index (χ1n) is 6.99. The Morgan fingerprint density at radius 2 is 1.74 bits per heavy atom. The van der Waals surface area contributed by atoms with Gasteiger partial charge in [0, 0.05) is 4.47 Å². The summed E-state index contributed by atoms with van der Waals surface area (Å²) >= 11 is 3.32. The normalized spacial score (nSPS) is 11.5. The van der Waals surface area contributed by atoms with Crippen LogP contribution in [0.2, 0.25) is 0 Å². The van der Waals surface area contributed by atoms with Crippen molar-refractivity contribution in [3.05, 3.63) is 70.2 Å². The van der Waals surface area contributed by atoms with E-state index in [2.05, 4.69) is 21.2 Å². The number of aliphatic carboxylic acids is 1. The van der Waals surface area contributed by atoms with Crippen LogP contribution in [-0.4, -0.2) is 17.2 Å². The number of carbonyl (C=O) groups excluding carboxylic acids is 1. The molecule has 6 heteroatoms. The minimum absolute atomic E-state index is 0.132. The number of ether oxygens (including phenoxy) is 1. The summed E-state index contributed by atoms with van der Waals surface area (Å²) < 4.78 is 6.01. The first-order chi connectivity index (χ1) is 11.0. The van der Waals surface area contributed by atoms with E-state index in [1.165, 1.54) is 0 Å². The average molecular weight is 378 g/mol. The molecule has 2 rings (SSSR count). The van der Waals surface area contributed by atoms with Crippen LogP contribution >= 0.6 is 15.9 Å². The molecule has 2 N–H and O–H groups in total. The van der Waals surface area contributed by atoms with Crippen LogP contribution in [0.5, 0.6) is 0 Å². The highest BCUT2D eigenvalue weighted by atomic mass is 79.9. The Kier molecular flexibility index (Phi) is 6.17. The zero-order chi connectivity index (χ0) is 16.7. The molecule has 0 aromatic heterocycles. The van der Waals surface area contributed by atoms with Gasteiger partial charge in [0.05, 0.1) is 12.5 Å². The molecule has 120 valence electrons. The molecule has 2 aromatic rings. The number of hydrogen-bond acceptors (Lipinski definition) is 3. The van der Waals surface area contributed by atoms with Gasteiger partial charge in [0.1, 0.15) is 6.61 Å². The lowest BCUT2D eigenvalue weighted by Gasteiger charge is -2.17. The van der Waals surface area contributed by atoms with Gasteiger partial charge in [0.15, 0.2) is 0 Å². The van der Waals surface area contributed by atoms with Crippen LogP contribution in [0.4, 0.5) is 4.79 Å². The fourth-order valence-electron chi connectivity index (χ4n) is 2.03. The molecule has 0 saturated carbocycles. The molecule has 0 aliphatic rings. The largest absolute Gasteiger partial charge is 0.481 e. The number of halogens is 1. The molecule has 0 bridgehead atoms. The van der Waals surface area contributed by atoms with Crippen LogP contribution < -0.4 is 5.32 Å². The monoisotopic (exact) mass is 377 g/mol. The summed E-state index contributed by atoms with van der Waals surface area (Å²) in [5.74, 6) is -0.999. The Balaban J connectivity index is 1.98. The molecule has 1 amide bonds. The predicted molar refractivity (Wildman–Crippen MR) is 88.9 cm³/mol. The molecule has 0 aliphatic carbocycles. The molecule has 1 atom stereocenters. The number of alkyl carbamates (subject to hydrolysis) is 1. The molecule has 5 nitrogen and oxygen atoms in total. The summed E-state index contributed by atoms with van der Waals surface area (Å²) in [5, 5.41) is 11.6. The van der Waals surface area contributed by atoms with Crippen molar-refractivity contribution < 1.29 is 19.4 Å². The molecule has 0 fully saturated rings. The third-order valence-corrected chi connectivity index (χ3v) is 3.68. The number of benzene rings is 2. The number of hydrogen-bond donors (Lipinski definition) is 2. The molecule has 0 radical (unpaired) electrons. The van der Waals surface area contributed by atoms with Gasteiger partial charge < -0.3 is 15.2 Å². The lowest BCUT2D eigenvalue weighted by atomic mass is 10.0. The predicted octanol–water partition coefficient (Wildman–Crippen LogP) is 3.89. The maximum Gasteiger partial charge on any atom is 0.407 e. The maximum atomic E-state index is 11.9. The van der Waals surface area contributed by atoms with E-state index in [1.807, 2.05) is 30.3 Å². The molecule has 0 heterocycles. The van der Waals surface area contributed by atoms with Crippen LogP contribution in [0.25, 0.3) is 0 Å². The smallest absolute Gasteiger partial charge is 0.407 e. The summed E-state index contributed by atoms with van der Waals surface area (Å²) in [5.41, 5.74) is 1.56. The van der Waals surface area contributed by atoms with Gasteiger partial charge in [-0.05, 0) is 23.3 Å². The van der Waals surface area contributed by atoms with E-state index in [4.69, 9.17) is 9.84 Å². The number of amides is 1. The Morgan fingerprint density at radius 3 is 2.35 bits per heavy atom. The van der Waals surface area contributed by atoms with Gasteiger partial charge in [0.2, 0.25) is 0 Å². The van der Waals surface area contributed by atoms with Crippen LogP contribution in [0, 0.1) is 0 Å². The number of carbonyl (C=O) groups is 2. The second-order valence-corrected chi connectivity index (χ2v) is 5.82. The van der Waals surface area contributed by atoms with Crippen molar-refractivity contribution in [2.45, 2.75) is 19.1 Å². The van der Waals surface area contributed by atoms with Crippen molar-refractivity contribution in [3.8, 4) is 0 Å². The number of carboxylic acids is 1. The zero-order valence-corrected chi connectivity index (χ0v) is 13.8. The van der Waals surface area contributed by atoms with Crippen LogP contribution in [0.3, 0.4) is 0 Å². The highest BCUT2D eigenvalue weighted by molar-refractivity contribution is 9.10. The van der Waals surface area contributed by atoms with Crippen LogP contribution in [-0.2, 0) is 16.1 Å². The van der Waals surface area contributed by atoms with Crippen molar-refractivity contribution >= 4 is 28.0 Å². The second-order valence-electron chi connectivity index (χ2n) is 4.91. The van der Waals surface area contributed by atoms with Gasteiger partial charge in [0.25, 0.3) is 0 Å². The van der Waals surface area contributed by atoms with Gasteiger partial charge in [-0.3, -0.25) is 4.79 Å². The summed E-state index contributed by atoms with van der Waals surface area (Å²) in [4.78, 5) is 22.9. The Hall–Kier alpha value is -2.34. The Morgan fingerprint density at radius 1 is 1.09 bits per heavy atom. The molecule has 0 aliphatic heterocycles. The third kappa shape index (κ3) is 5.75. The fraction of sp³-hybridized carbons (Fsp3) is 0.176. The minimum Gasteiger partial charge on any atom is -0.481 e. The lowest BCUT2D eigenvalue weighted by Crippen LogP contribution is -2.30. The van der Waals surface area contributed by atoms with Crippen molar-refractivity contribution in [1.29, 1.82) is 0 Å². The van der Waals surface area contributed by atoms with E-state index >= 15 is 0 Å². The molecule has 0 spiro atoms. The first-order valence-corrected chi connectivity index (χ1v) is 7.78. The maximum absolute atomic E-state index is 11.9. The Labute approximate surface area is 142 Å². The molecule has 2 aromatic carbocycles. The van der Waals surface area contributed by atoms with E-state index in [0.29, 0.717) is 5.56 Å². The number of nitrogens with one attached hydrogen (secondary N) is 1. The lowest BCUT2D eigenvalue weighted by molar-refractivity contribution is -0.137. The van der Waals surface area contributed by atoms with Crippen LogP contribution in [0.15, 0.2) is 59.1 Å². The summed E-state index contributed by atoms with van der Waals surface area (Å²) in [6.07, 6.45) is -0.870. The van der Waals surface area contributed by atoms with Gasteiger partial charge in [-0.1, -0.05) is 58.4 Å². The van der Waals surface area contributed by atoms with Gasteiger partial charge in [-0.25, -0.2) is 4.79 Å². The molecular formula is C17H16BrNO4. The van der Waals surface area contributed by atoms with E-state index < -0.39 is 18.1 Å². The fourth-order valence-corrected chi connectivity index (χ4v) is 2.29. The molecule has 0 unspecified atom stereocenters. The molecule has 23 heavy (non-hydrogen) atoms. The quantitative estimate of drug-likeness (QED) is 0.800. The van der Waals surface area contributed by atoms with Crippen molar-refractivity contribution in [2.24, 2.45) is 0 Å². The van der Waals surface area contributed by atoms with E-state index in [9.17, 15) is 9.59 Å². The summed E-state index contributed by atoms with van der Waals surface area (Å²) in [7, 11) is 0. The second kappa shape index (κ2) is 8.33. The number of carboxylic acid groups (broad SMARTS) is 1. The SMILES string of the molecule is O=C(O)C[C@H](NC(=O)OCc1ccccc1)c1ccc(Br)cc1. The zero-order valence-electron chi connectivity index (χ0n) is 12.2. The van der Waals surface area contributed by atoms with Crippen molar-refractivity contribution in [1.82, 2.24) is 5.32 Å². The van der Waals surface area contributed by atoms with E-state index in [1.54, 1.807) is 24.3 Å². The van der Waals surface area contributed by atoms with Gasteiger partial charge >= 0.3 is 12.1 Å². The minimum atomic E-state index is -0.999. The van der Waals surface area contributed by atoms with Crippen molar-refractivity contribution in [2.75, 3.05) is 0 Å². The highest BCUT2D eigenvalue weighted by Gasteiger charge is 2.18. The molecular weight excluding hydrogens is 362 g/mol. The number of rotatable bonds is 6. The average Bonchev–Trinajstić information content (AvgIpc) is 2.53. The summed E-state index contributed by atoms with van der Waals surface area (Å²) in [6, 6.07) is 15.7.